The predicted octanol–water partition coefficient (Wildman–Crippen LogP) is 4.03. The molecular weight excluding hydrogens is 239 g/mol. The molecule has 3 heteroatoms. The number of carbonyl (C=O) groups is 1. The average molecular weight is 262 g/mol. The van der Waals surface area contributed by atoms with Gasteiger partial charge in [-0.1, -0.05) is 0 Å². The summed E-state index contributed by atoms with van der Waals surface area (Å²) in [5.41, 5.74) is 2.42. The number of hydrogen-bond acceptors (Lipinski definition) is 2. The van der Waals surface area contributed by atoms with Gasteiger partial charge in [0, 0.05) is 0 Å². The number of rotatable bonds is 4. The van der Waals surface area contributed by atoms with E-state index < -0.39 is 0 Å². The Hall–Kier alpha value is -0.565. The number of hydrogen-bond donors (Lipinski definition) is 0. The monoisotopic (exact) mass is 262 g/mol. The summed E-state index contributed by atoms with van der Waals surface area (Å²) >= 11 is 1.44. The zero-order valence-corrected chi connectivity index (χ0v) is 12.9. The van der Waals surface area contributed by atoms with Gasteiger partial charge >= 0.3 is 116 Å². The molecule has 0 fully saturated rings. The summed E-state index contributed by atoms with van der Waals surface area (Å²) < 4.78 is 0. The molecule has 1 aromatic rings. The fourth-order valence-electron chi connectivity index (χ4n) is 1.70. The van der Waals surface area contributed by atoms with Crippen LogP contribution in [0.4, 0.5) is 0 Å². The minimum atomic E-state index is -0.252. The van der Waals surface area contributed by atoms with Crippen molar-refractivity contribution >= 4 is 23.8 Å². The van der Waals surface area contributed by atoms with Crippen molar-refractivity contribution in [3.05, 3.63) is 29.1 Å². The molecule has 0 saturated heterocycles. The van der Waals surface area contributed by atoms with Gasteiger partial charge in [-0.25, -0.2) is 0 Å². The molecule has 0 aliphatic rings. The van der Waals surface area contributed by atoms with Gasteiger partial charge in [0.1, 0.15) is 0 Å². The quantitative estimate of drug-likeness (QED) is 0.814. The van der Waals surface area contributed by atoms with Gasteiger partial charge in [-0.15, -0.1) is 0 Å². The van der Waals surface area contributed by atoms with Gasteiger partial charge in [0.25, 0.3) is 0 Å². The van der Waals surface area contributed by atoms with E-state index in [-0.39, 0.29) is 10.5 Å². The van der Waals surface area contributed by atoms with Gasteiger partial charge in [-0.2, -0.15) is 0 Å². The average Bonchev–Trinajstić information content (AvgIpc) is 2.25. The van der Waals surface area contributed by atoms with E-state index in [4.69, 9.17) is 0 Å². The van der Waals surface area contributed by atoms with Crippen molar-refractivity contribution in [2.24, 2.45) is 11.3 Å². The molecule has 0 N–H and O–H groups in total. The van der Waals surface area contributed by atoms with Crippen molar-refractivity contribution in [1.82, 2.24) is 0 Å². The van der Waals surface area contributed by atoms with Crippen LogP contribution in [-0.4, -0.2) is 12.0 Å². The van der Waals surface area contributed by atoms with Crippen LogP contribution in [0.2, 0.25) is 0 Å². The van der Waals surface area contributed by atoms with Crippen LogP contribution in [0.25, 0.3) is 0 Å². The van der Waals surface area contributed by atoms with Gasteiger partial charge in [0.05, 0.1) is 0 Å². The molecule has 0 aliphatic carbocycles. The first-order chi connectivity index (χ1) is 8.30. The van der Waals surface area contributed by atoms with Gasteiger partial charge in [0.15, 0.2) is 0 Å². The summed E-state index contributed by atoms with van der Waals surface area (Å²) in [6.45, 7) is 12.6. The van der Waals surface area contributed by atoms with E-state index in [0.717, 1.165) is 12.2 Å². The van der Waals surface area contributed by atoms with E-state index in [0.29, 0.717) is 5.92 Å². The molecule has 0 radical (unpaired) electrons. The standard InChI is InChI=1S/C15H23BOS/c1-11(2)9-13-12(7-6-8-16-13)10-18-14(17)15(3,4)5/h6-8,11H,9-10H2,1-5H3. The summed E-state index contributed by atoms with van der Waals surface area (Å²) in [5.74, 6) is 3.52. The Kier molecular flexibility index (Phi) is 5.64. The van der Waals surface area contributed by atoms with Gasteiger partial charge in [-0.3, -0.25) is 0 Å². The molecule has 1 rings (SSSR count). The van der Waals surface area contributed by atoms with Crippen molar-refractivity contribution in [1.29, 1.82) is 0 Å². The third-order valence-corrected chi connectivity index (χ3v) is 4.05. The second-order valence-electron chi connectivity index (χ2n) is 6.19. The summed E-state index contributed by atoms with van der Waals surface area (Å²) in [7, 11) is 0. The van der Waals surface area contributed by atoms with Crippen molar-refractivity contribution in [2.75, 3.05) is 0 Å². The molecule has 1 heterocycles. The van der Waals surface area contributed by atoms with Crippen molar-refractivity contribution in [3.63, 3.8) is 0 Å². The van der Waals surface area contributed by atoms with Crippen LogP contribution in [0.1, 0.15) is 45.6 Å². The molecule has 0 aromatic carbocycles. The van der Waals surface area contributed by atoms with E-state index in [1.54, 1.807) is 0 Å². The van der Waals surface area contributed by atoms with Crippen LogP contribution in [0, 0.1) is 11.3 Å². The summed E-state index contributed by atoms with van der Waals surface area (Å²) in [6.07, 6.45) is 1.08. The van der Waals surface area contributed by atoms with E-state index in [1.807, 2.05) is 20.8 Å². The summed E-state index contributed by atoms with van der Waals surface area (Å²) in [4.78, 5) is 11.9. The fraction of sp³-hybridized carbons (Fsp3) is 0.600. The van der Waals surface area contributed by atoms with Crippen molar-refractivity contribution in [3.8, 4) is 0 Å². The van der Waals surface area contributed by atoms with E-state index >= 15 is 0 Å². The molecule has 0 bridgehead atoms. The maximum atomic E-state index is 11.9. The number of thioether (sulfide) groups is 1. The summed E-state index contributed by atoms with van der Waals surface area (Å²) in [5, 5.41) is 0.266. The molecule has 1 nitrogen and oxygen atoms in total. The Morgan fingerprint density at radius 3 is 2.61 bits per heavy atom. The van der Waals surface area contributed by atoms with Crippen molar-refractivity contribution < 1.29 is 4.79 Å². The molecule has 0 unspecified atom stereocenters. The van der Waals surface area contributed by atoms with Gasteiger partial charge in [0.2, 0.25) is 0 Å². The molecule has 18 heavy (non-hydrogen) atoms. The van der Waals surface area contributed by atoms with Crippen LogP contribution in [0.3, 0.4) is 0 Å². The van der Waals surface area contributed by atoms with Gasteiger partial charge in [-0.05, 0) is 0 Å². The zero-order chi connectivity index (χ0) is 13.8. The van der Waals surface area contributed by atoms with Crippen LogP contribution in [0.5, 0.6) is 0 Å². The van der Waals surface area contributed by atoms with Crippen LogP contribution >= 0.6 is 11.8 Å². The first kappa shape index (κ1) is 15.5. The van der Waals surface area contributed by atoms with E-state index in [9.17, 15) is 4.79 Å². The Morgan fingerprint density at radius 2 is 2.06 bits per heavy atom. The van der Waals surface area contributed by atoms with Crippen LogP contribution < -0.4 is 0 Å². The molecule has 0 saturated carbocycles. The zero-order valence-electron chi connectivity index (χ0n) is 12.1. The fourth-order valence-corrected chi connectivity index (χ4v) is 2.70. The minimum absolute atomic E-state index is 0.252. The Bertz CT molecular complexity index is 407. The third kappa shape index (κ3) is 4.97. The molecule has 0 amide bonds. The normalized spacial score (nSPS) is 11.7. The summed E-state index contributed by atoms with van der Waals surface area (Å²) in [6, 6.07) is 4.20. The molecule has 0 spiro atoms. The topological polar surface area (TPSA) is 17.1 Å². The Balaban J connectivity index is 2.70. The first-order valence-corrected chi connectivity index (χ1v) is 7.53. The molecule has 1 aromatic heterocycles. The van der Waals surface area contributed by atoms with E-state index in [2.05, 4.69) is 38.9 Å². The van der Waals surface area contributed by atoms with Crippen LogP contribution in [-0.2, 0) is 17.0 Å². The Labute approximate surface area is 116 Å². The predicted molar refractivity (Wildman–Crippen MR) is 82.1 cm³/mol. The molecule has 0 atom stereocenters. The van der Waals surface area contributed by atoms with Crippen LogP contribution in [0.15, 0.2) is 18.1 Å². The SMILES string of the molecule is CC(C)Cc1bcccc1CSC(=O)C(C)(C)C. The second-order valence-corrected chi connectivity index (χ2v) is 7.14. The molecule has 98 valence electrons. The van der Waals surface area contributed by atoms with Gasteiger partial charge < -0.3 is 0 Å². The maximum absolute atomic E-state index is 11.9. The second kappa shape index (κ2) is 6.56. The van der Waals surface area contributed by atoms with Crippen molar-refractivity contribution in [2.45, 2.75) is 46.8 Å². The first-order valence-electron chi connectivity index (χ1n) is 6.54. The molecular formula is C15H23BOS. The van der Waals surface area contributed by atoms with E-state index in [1.165, 1.54) is 22.8 Å². The number of carbonyl (C=O) groups excluding carboxylic acids is 1. The molecule has 0 aliphatic heterocycles. The Morgan fingerprint density at radius 1 is 1.39 bits per heavy atom. The third-order valence-electron chi connectivity index (χ3n) is 2.72.